The molecule has 126 valence electrons. The van der Waals surface area contributed by atoms with Crippen molar-refractivity contribution in [3.63, 3.8) is 0 Å². The van der Waals surface area contributed by atoms with Crippen molar-refractivity contribution in [2.75, 3.05) is 0 Å². The molecular formula is C18H14N2O5. The van der Waals surface area contributed by atoms with Crippen molar-refractivity contribution >= 4 is 17.8 Å². The van der Waals surface area contributed by atoms with E-state index in [0.717, 1.165) is 36.9 Å². The lowest BCUT2D eigenvalue weighted by Crippen LogP contribution is -2.34. The number of aromatic nitrogens is 1. The summed E-state index contributed by atoms with van der Waals surface area (Å²) < 4.78 is 0. The number of nitrogens with zero attached hydrogens (tertiary/aromatic N) is 1. The molecular weight excluding hydrogens is 324 g/mol. The summed E-state index contributed by atoms with van der Waals surface area (Å²) in [6, 6.07) is 7.69. The highest BCUT2D eigenvalue weighted by molar-refractivity contribution is 6.21. The van der Waals surface area contributed by atoms with Gasteiger partial charge in [0.25, 0.3) is 17.4 Å². The second-order valence-corrected chi connectivity index (χ2v) is 6.05. The zero-order chi connectivity index (χ0) is 17.6. The molecule has 0 saturated carbocycles. The molecule has 0 atom stereocenters. The van der Waals surface area contributed by atoms with E-state index in [4.69, 9.17) is 4.84 Å². The number of H-pyrrole nitrogens is 1. The van der Waals surface area contributed by atoms with E-state index in [1.807, 2.05) is 0 Å². The van der Waals surface area contributed by atoms with Crippen LogP contribution in [0.4, 0.5) is 0 Å². The van der Waals surface area contributed by atoms with E-state index in [1.165, 1.54) is 18.2 Å². The first-order valence-electron chi connectivity index (χ1n) is 8.01. The number of imide groups is 1. The standard InChI is InChI=1S/C18H14N2O5/c21-15-13(9-10-5-1-4-8-14(10)19-15)18(24)25-20-16(22)11-6-2-3-7-12(11)17(20)23/h2-3,6-7,9H,1,4-5,8H2,(H,19,21). The minimum Gasteiger partial charge on any atom is -0.325 e. The fourth-order valence-corrected chi connectivity index (χ4v) is 3.21. The predicted octanol–water partition coefficient (Wildman–Crippen LogP) is 1.62. The first kappa shape index (κ1) is 15.3. The molecule has 0 bridgehead atoms. The van der Waals surface area contributed by atoms with Gasteiger partial charge in [-0.2, -0.15) is 0 Å². The topological polar surface area (TPSA) is 96.5 Å². The molecule has 0 saturated heterocycles. The number of hydrogen-bond donors (Lipinski definition) is 1. The van der Waals surface area contributed by atoms with Crippen LogP contribution in [0.5, 0.6) is 0 Å². The van der Waals surface area contributed by atoms with E-state index >= 15 is 0 Å². The minimum atomic E-state index is -1.02. The van der Waals surface area contributed by atoms with Gasteiger partial charge in [0.15, 0.2) is 0 Å². The average Bonchev–Trinajstić information content (AvgIpc) is 2.86. The van der Waals surface area contributed by atoms with Gasteiger partial charge in [0.2, 0.25) is 0 Å². The lowest BCUT2D eigenvalue weighted by molar-refractivity contribution is -0.0585. The molecule has 7 nitrogen and oxygen atoms in total. The van der Waals surface area contributed by atoms with E-state index in [2.05, 4.69) is 4.98 Å². The number of fused-ring (bicyclic) bond motifs is 2. The van der Waals surface area contributed by atoms with Crippen LogP contribution in [-0.4, -0.2) is 27.8 Å². The highest BCUT2D eigenvalue weighted by Crippen LogP contribution is 2.24. The van der Waals surface area contributed by atoms with Crippen molar-refractivity contribution in [3.05, 3.63) is 68.6 Å². The number of aromatic amines is 1. The smallest absolute Gasteiger partial charge is 0.325 e. The van der Waals surface area contributed by atoms with E-state index in [0.29, 0.717) is 5.06 Å². The Labute approximate surface area is 142 Å². The Morgan fingerprint density at radius 2 is 1.64 bits per heavy atom. The number of amides is 2. The zero-order valence-electron chi connectivity index (χ0n) is 13.2. The lowest BCUT2D eigenvalue weighted by atomic mass is 9.95. The molecule has 1 aliphatic carbocycles. The van der Waals surface area contributed by atoms with Crippen molar-refractivity contribution in [1.29, 1.82) is 0 Å². The van der Waals surface area contributed by atoms with Crippen LogP contribution >= 0.6 is 0 Å². The van der Waals surface area contributed by atoms with Gasteiger partial charge >= 0.3 is 5.97 Å². The van der Waals surface area contributed by atoms with Crippen LogP contribution in [0.1, 0.15) is 55.2 Å². The molecule has 2 aromatic rings. The SMILES string of the molecule is O=C(ON1C(=O)c2ccccc2C1=O)c1cc2c([nH]c1=O)CCCC2. The van der Waals surface area contributed by atoms with Crippen molar-refractivity contribution in [3.8, 4) is 0 Å². The van der Waals surface area contributed by atoms with E-state index < -0.39 is 23.3 Å². The fraction of sp³-hybridized carbons (Fsp3) is 0.222. The van der Waals surface area contributed by atoms with Crippen LogP contribution < -0.4 is 5.56 Å². The normalized spacial score (nSPS) is 15.8. The summed E-state index contributed by atoms with van der Waals surface area (Å²) in [6.07, 6.45) is 3.49. The van der Waals surface area contributed by atoms with Gasteiger partial charge in [-0.25, -0.2) is 4.79 Å². The Balaban J connectivity index is 1.62. The monoisotopic (exact) mass is 338 g/mol. The van der Waals surface area contributed by atoms with Gasteiger partial charge in [-0.3, -0.25) is 14.4 Å². The number of carbonyl (C=O) groups excluding carboxylic acids is 3. The number of pyridine rings is 1. The second kappa shape index (κ2) is 5.70. The van der Waals surface area contributed by atoms with Gasteiger partial charge in [-0.1, -0.05) is 17.2 Å². The molecule has 2 amide bonds. The molecule has 1 aliphatic heterocycles. The Morgan fingerprint density at radius 3 is 2.32 bits per heavy atom. The summed E-state index contributed by atoms with van der Waals surface area (Å²) >= 11 is 0. The first-order valence-corrected chi connectivity index (χ1v) is 8.01. The maximum Gasteiger partial charge on any atom is 0.369 e. The van der Waals surface area contributed by atoms with Gasteiger partial charge < -0.3 is 9.82 Å². The highest BCUT2D eigenvalue weighted by atomic mass is 16.7. The molecule has 1 N–H and O–H groups in total. The number of carbonyl (C=O) groups is 3. The number of nitrogens with one attached hydrogen (secondary N) is 1. The number of benzene rings is 1. The van der Waals surface area contributed by atoms with Crippen molar-refractivity contribution in [1.82, 2.24) is 10.0 Å². The minimum absolute atomic E-state index is 0.166. The summed E-state index contributed by atoms with van der Waals surface area (Å²) in [7, 11) is 0. The van der Waals surface area contributed by atoms with Crippen LogP contribution in [0.25, 0.3) is 0 Å². The largest absolute Gasteiger partial charge is 0.369 e. The van der Waals surface area contributed by atoms with E-state index in [1.54, 1.807) is 12.1 Å². The lowest BCUT2D eigenvalue weighted by Gasteiger charge is -2.16. The summed E-state index contributed by atoms with van der Waals surface area (Å²) in [5.74, 6) is -2.46. The quantitative estimate of drug-likeness (QED) is 0.840. The maximum atomic E-state index is 12.4. The van der Waals surface area contributed by atoms with Gasteiger partial charge in [0, 0.05) is 5.69 Å². The Hall–Kier alpha value is -3.22. The molecule has 25 heavy (non-hydrogen) atoms. The zero-order valence-corrected chi connectivity index (χ0v) is 13.2. The number of hydrogen-bond acceptors (Lipinski definition) is 5. The molecule has 0 radical (unpaired) electrons. The van der Waals surface area contributed by atoms with Gasteiger partial charge in [-0.05, 0) is 49.4 Å². The Morgan fingerprint density at radius 1 is 1.00 bits per heavy atom. The van der Waals surface area contributed by atoms with Crippen molar-refractivity contribution in [2.45, 2.75) is 25.7 Å². The molecule has 1 aromatic heterocycles. The van der Waals surface area contributed by atoms with E-state index in [-0.39, 0.29) is 16.7 Å². The second-order valence-electron chi connectivity index (χ2n) is 6.05. The van der Waals surface area contributed by atoms with Crippen LogP contribution in [0.2, 0.25) is 0 Å². The van der Waals surface area contributed by atoms with Crippen LogP contribution in [0.15, 0.2) is 35.1 Å². The van der Waals surface area contributed by atoms with Crippen molar-refractivity contribution in [2.24, 2.45) is 0 Å². The molecule has 7 heteroatoms. The highest BCUT2D eigenvalue weighted by Gasteiger charge is 2.39. The molecule has 2 heterocycles. The summed E-state index contributed by atoms with van der Waals surface area (Å²) in [5, 5.41) is 0.409. The summed E-state index contributed by atoms with van der Waals surface area (Å²) in [6.45, 7) is 0. The summed E-state index contributed by atoms with van der Waals surface area (Å²) in [5.41, 5.74) is 1.26. The van der Waals surface area contributed by atoms with Crippen LogP contribution in [0.3, 0.4) is 0 Å². The number of aryl methyl sites for hydroxylation is 2. The fourth-order valence-electron chi connectivity index (χ4n) is 3.21. The molecule has 1 aromatic carbocycles. The Kier molecular flexibility index (Phi) is 3.49. The van der Waals surface area contributed by atoms with Gasteiger partial charge in [0.05, 0.1) is 11.1 Å². The number of rotatable bonds is 2. The molecule has 0 spiro atoms. The molecule has 0 fully saturated rings. The first-order chi connectivity index (χ1) is 12.1. The van der Waals surface area contributed by atoms with Gasteiger partial charge in [-0.15, -0.1) is 0 Å². The predicted molar refractivity (Wildman–Crippen MR) is 86.1 cm³/mol. The van der Waals surface area contributed by atoms with E-state index in [9.17, 15) is 19.2 Å². The maximum absolute atomic E-state index is 12.4. The molecule has 2 aliphatic rings. The van der Waals surface area contributed by atoms with Crippen LogP contribution in [-0.2, 0) is 17.7 Å². The molecule has 0 unspecified atom stereocenters. The third kappa shape index (κ3) is 2.44. The number of hydroxylamine groups is 2. The third-order valence-corrected chi connectivity index (χ3v) is 4.49. The Bertz CT molecular complexity index is 941. The molecule has 4 rings (SSSR count). The summed E-state index contributed by atoms with van der Waals surface area (Å²) in [4.78, 5) is 56.6. The average molecular weight is 338 g/mol. The van der Waals surface area contributed by atoms with Gasteiger partial charge in [0.1, 0.15) is 5.56 Å². The third-order valence-electron chi connectivity index (χ3n) is 4.49. The van der Waals surface area contributed by atoms with Crippen LogP contribution in [0, 0.1) is 0 Å². The van der Waals surface area contributed by atoms with Crippen molar-refractivity contribution < 1.29 is 19.2 Å².